The number of nitrogens with one attached hydrogen (secondary N) is 1. The average Bonchev–Trinajstić information content (AvgIpc) is 2.59. The van der Waals surface area contributed by atoms with Crippen LogP contribution in [0.1, 0.15) is 22.4 Å². The summed E-state index contributed by atoms with van der Waals surface area (Å²) in [5.41, 5.74) is 0.161. The van der Waals surface area contributed by atoms with Gasteiger partial charge < -0.3 is 15.5 Å². The van der Waals surface area contributed by atoms with Crippen molar-refractivity contribution in [3.8, 4) is 0 Å². The minimum Gasteiger partial charge on any atom is -0.480 e. The first-order chi connectivity index (χ1) is 7.41. The molecule has 0 aromatic carbocycles. The van der Waals surface area contributed by atoms with Gasteiger partial charge in [0.1, 0.15) is 5.69 Å². The molecular formula is C9H12N2O4S. The Morgan fingerprint density at radius 2 is 2.19 bits per heavy atom. The van der Waals surface area contributed by atoms with Crippen LogP contribution in [0.2, 0.25) is 0 Å². The van der Waals surface area contributed by atoms with Crippen LogP contribution in [-0.2, 0) is 4.79 Å². The smallest absolute Gasteiger partial charge is 0.328 e. The third kappa shape index (κ3) is 3.01. The zero-order valence-corrected chi connectivity index (χ0v) is 9.61. The zero-order chi connectivity index (χ0) is 12.3. The Morgan fingerprint density at radius 3 is 2.56 bits per heavy atom. The second-order valence-corrected chi connectivity index (χ2v) is 4.34. The summed E-state index contributed by atoms with van der Waals surface area (Å²) < 4.78 is 0. The van der Waals surface area contributed by atoms with E-state index in [4.69, 9.17) is 5.11 Å². The highest BCUT2D eigenvalue weighted by atomic mass is 32.1. The SMILES string of the molecule is Cc1nc(C(=O)NC(C(=O)O)C(C)O)cs1. The molecule has 0 aliphatic heterocycles. The molecule has 2 atom stereocenters. The second kappa shape index (κ2) is 5.04. The van der Waals surface area contributed by atoms with Gasteiger partial charge in [0, 0.05) is 5.38 Å². The van der Waals surface area contributed by atoms with Crippen molar-refractivity contribution in [2.24, 2.45) is 0 Å². The molecule has 0 aliphatic carbocycles. The van der Waals surface area contributed by atoms with Crippen molar-refractivity contribution < 1.29 is 19.8 Å². The summed E-state index contributed by atoms with van der Waals surface area (Å²) in [6, 6.07) is -1.32. The highest BCUT2D eigenvalue weighted by Crippen LogP contribution is 2.08. The first-order valence-corrected chi connectivity index (χ1v) is 5.43. The van der Waals surface area contributed by atoms with Gasteiger partial charge in [0.05, 0.1) is 11.1 Å². The Morgan fingerprint density at radius 1 is 1.56 bits per heavy atom. The molecule has 0 bridgehead atoms. The molecule has 1 heterocycles. The van der Waals surface area contributed by atoms with Gasteiger partial charge in [-0.25, -0.2) is 9.78 Å². The van der Waals surface area contributed by atoms with Gasteiger partial charge in [-0.2, -0.15) is 0 Å². The molecule has 88 valence electrons. The number of aryl methyl sites for hydroxylation is 1. The van der Waals surface area contributed by atoms with Crippen LogP contribution in [0.15, 0.2) is 5.38 Å². The minimum absolute atomic E-state index is 0.161. The molecule has 0 fully saturated rings. The van der Waals surface area contributed by atoms with Gasteiger partial charge in [0.2, 0.25) is 0 Å². The maximum Gasteiger partial charge on any atom is 0.328 e. The van der Waals surface area contributed by atoms with E-state index in [-0.39, 0.29) is 5.69 Å². The van der Waals surface area contributed by atoms with E-state index in [1.807, 2.05) is 0 Å². The number of carbonyl (C=O) groups excluding carboxylic acids is 1. The molecule has 1 aromatic rings. The maximum absolute atomic E-state index is 11.5. The van der Waals surface area contributed by atoms with E-state index in [0.717, 1.165) is 0 Å². The van der Waals surface area contributed by atoms with Crippen LogP contribution < -0.4 is 5.32 Å². The molecule has 0 saturated heterocycles. The first-order valence-electron chi connectivity index (χ1n) is 4.55. The van der Waals surface area contributed by atoms with Gasteiger partial charge in [-0.05, 0) is 13.8 Å². The van der Waals surface area contributed by atoms with E-state index in [9.17, 15) is 14.7 Å². The van der Waals surface area contributed by atoms with Gasteiger partial charge in [-0.15, -0.1) is 11.3 Å². The zero-order valence-electron chi connectivity index (χ0n) is 8.80. The number of thiazole rings is 1. The Balaban J connectivity index is 2.73. The van der Waals surface area contributed by atoms with Crippen molar-refractivity contribution in [2.75, 3.05) is 0 Å². The number of nitrogens with zero attached hydrogens (tertiary/aromatic N) is 1. The van der Waals surface area contributed by atoms with E-state index in [2.05, 4.69) is 10.3 Å². The predicted octanol–water partition coefficient (Wildman–Crippen LogP) is 0.0153. The molecule has 2 unspecified atom stereocenters. The number of carboxylic acids is 1. The van der Waals surface area contributed by atoms with Crippen LogP contribution >= 0.6 is 11.3 Å². The molecule has 1 aromatic heterocycles. The van der Waals surface area contributed by atoms with Crippen molar-refractivity contribution in [1.82, 2.24) is 10.3 Å². The van der Waals surface area contributed by atoms with Gasteiger partial charge >= 0.3 is 5.97 Å². The van der Waals surface area contributed by atoms with Crippen LogP contribution in [0, 0.1) is 6.92 Å². The number of amides is 1. The largest absolute Gasteiger partial charge is 0.480 e. The Hall–Kier alpha value is -1.47. The molecule has 16 heavy (non-hydrogen) atoms. The molecule has 0 radical (unpaired) electrons. The van der Waals surface area contributed by atoms with Crippen molar-refractivity contribution in [3.05, 3.63) is 16.1 Å². The number of aliphatic hydroxyl groups is 1. The number of aliphatic hydroxyl groups excluding tert-OH is 1. The lowest BCUT2D eigenvalue weighted by Gasteiger charge is -2.15. The van der Waals surface area contributed by atoms with Crippen molar-refractivity contribution in [1.29, 1.82) is 0 Å². The third-order valence-corrected chi connectivity index (χ3v) is 2.66. The lowest BCUT2D eigenvalue weighted by molar-refractivity contribution is -0.141. The number of hydrogen-bond donors (Lipinski definition) is 3. The van der Waals surface area contributed by atoms with Crippen molar-refractivity contribution in [2.45, 2.75) is 26.0 Å². The Kier molecular flexibility index (Phi) is 3.97. The number of carboxylic acid groups (broad SMARTS) is 1. The number of aliphatic carboxylic acids is 1. The monoisotopic (exact) mass is 244 g/mol. The molecule has 6 nitrogen and oxygen atoms in total. The number of rotatable bonds is 4. The van der Waals surface area contributed by atoms with Crippen LogP contribution in [0.25, 0.3) is 0 Å². The highest BCUT2D eigenvalue weighted by Gasteiger charge is 2.26. The summed E-state index contributed by atoms with van der Waals surface area (Å²) in [4.78, 5) is 26.2. The number of hydrogen-bond acceptors (Lipinski definition) is 5. The lowest BCUT2D eigenvalue weighted by atomic mass is 10.2. The van der Waals surface area contributed by atoms with Crippen LogP contribution in [-0.4, -0.2) is 39.2 Å². The van der Waals surface area contributed by atoms with Gasteiger partial charge in [0.25, 0.3) is 5.91 Å². The Labute approximate surface area is 95.9 Å². The standard InChI is InChI=1S/C9H12N2O4S/c1-4(12)7(9(14)15)11-8(13)6-3-16-5(2)10-6/h3-4,7,12H,1-2H3,(H,11,13)(H,14,15). The first kappa shape index (κ1) is 12.6. The summed E-state index contributed by atoms with van der Waals surface area (Å²) in [5.74, 6) is -1.88. The van der Waals surface area contributed by atoms with Crippen molar-refractivity contribution in [3.63, 3.8) is 0 Å². The maximum atomic E-state index is 11.5. The van der Waals surface area contributed by atoms with Crippen LogP contribution in [0.5, 0.6) is 0 Å². The van der Waals surface area contributed by atoms with E-state index >= 15 is 0 Å². The summed E-state index contributed by atoms with van der Waals surface area (Å²) in [6.45, 7) is 3.04. The van der Waals surface area contributed by atoms with Crippen LogP contribution in [0.3, 0.4) is 0 Å². The molecule has 0 aliphatic rings. The third-order valence-electron chi connectivity index (χ3n) is 1.89. The van der Waals surface area contributed by atoms with E-state index in [1.165, 1.54) is 23.6 Å². The summed E-state index contributed by atoms with van der Waals surface area (Å²) in [7, 11) is 0. The van der Waals surface area contributed by atoms with Gasteiger partial charge in [-0.1, -0.05) is 0 Å². The molecule has 0 spiro atoms. The topological polar surface area (TPSA) is 99.5 Å². The Bertz CT molecular complexity index is 402. The fourth-order valence-electron chi connectivity index (χ4n) is 1.07. The fourth-order valence-corrected chi connectivity index (χ4v) is 1.66. The minimum atomic E-state index is -1.32. The summed E-state index contributed by atoms with van der Waals surface area (Å²) >= 11 is 1.29. The van der Waals surface area contributed by atoms with E-state index < -0.39 is 24.0 Å². The number of aromatic nitrogens is 1. The molecule has 7 heteroatoms. The van der Waals surface area contributed by atoms with Crippen molar-refractivity contribution >= 4 is 23.2 Å². The lowest BCUT2D eigenvalue weighted by Crippen LogP contribution is -2.47. The van der Waals surface area contributed by atoms with Crippen LogP contribution in [0.4, 0.5) is 0 Å². The second-order valence-electron chi connectivity index (χ2n) is 3.28. The fraction of sp³-hybridized carbons (Fsp3) is 0.444. The molecule has 1 amide bonds. The molecular weight excluding hydrogens is 232 g/mol. The van der Waals surface area contributed by atoms with Gasteiger partial charge in [-0.3, -0.25) is 4.79 Å². The summed E-state index contributed by atoms with van der Waals surface area (Å²) in [6.07, 6.45) is -1.17. The van der Waals surface area contributed by atoms with E-state index in [0.29, 0.717) is 5.01 Å². The van der Waals surface area contributed by atoms with Gasteiger partial charge in [0.15, 0.2) is 6.04 Å². The highest BCUT2D eigenvalue weighted by molar-refractivity contribution is 7.09. The molecule has 0 saturated carbocycles. The quantitative estimate of drug-likeness (QED) is 0.693. The predicted molar refractivity (Wildman–Crippen MR) is 57.4 cm³/mol. The summed E-state index contributed by atoms with van der Waals surface area (Å²) in [5, 5.41) is 22.4. The molecule has 3 N–H and O–H groups in total. The number of carbonyl (C=O) groups is 2. The molecule has 1 rings (SSSR count). The average molecular weight is 244 g/mol. The van der Waals surface area contributed by atoms with E-state index in [1.54, 1.807) is 6.92 Å². The normalized spacial score (nSPS) is 14.2.